The van der Waals surface area contributed by atoms with E-state index in [0.717, 1.165) is 33.8 Å². The van der Waals surface area contributed by atoms with Crippen LogP contribution in [0.4, 0.5) is 10.1 Å². The van der Waals surface area contributed by atoms with Gasteiger partial charge in [0.15, 0.2) is 11.6 Å². The average molecular weight is 504 g/mol. The van der Waals surface area contributed by atoms with E-state index in [1.165, 1.54) is 38.5 Å². The van der Waals surface area contributed by atoms with Gasteiger partial charge in [-0.3, -0.25) is 9.52 Å². The summed E-state index contributed by atoms with van der Waals surface area (Å²) in [7, 11) is -1.33. The lowest BCUT2D eigenvalue weighted by molar-refractivity contribution is 0.103. The van der Waals surface area contributed by atoms with Crippen molar-refractivity contribution in [3.05, 3.63) is 83.4 Å². The van der Waals surface area contributed by atoms with Gasteiger partial charge in [0.05, 0.1) is 22.7 Å². The maximum absolute atomic E-state index is 15.2. The molecule has 0 saturated heterocycles. The number of carbonyl (C=O) groups is 1. The molecule has 0 radical (unpaired) electrons. The van der Waals surface area contributed by atoms with Gasteiger partial charge in [0.25, 0.3) is 0 Å². The number of pyridine rings is 1. The zero-order chi connectivity index (χ0) is 25.7. The van der Waals surface area contributed by atoms with E-state index < -0.39 is 21.8 Å². The van der Waals surface area contributed by atoms with Gasteiger partial charge in [-0.25, -0.2) is 9.37 Å². The first-order chi connectivity index (χ1) is 17.1. The Morgan fingerprint density at radius 2 is 1.86 bits per heavy atom. The molecule has 1 aliphatic rings. The summed E-state index contributed by atoms with van der Waals surface area (Å²) in [4.78, 5) is 20.7. The Labute approximate surface area is 207 Å². The van der Waals surface area contributed by atoms with E-state index in [1.54, 1.807) is 12.3 Å². The van der Waals surface area contributed by atoms with Crippen molar-refractivity contribution >= 4 is 32.7 Å². The number of hydrogen-bond acceptors (Lipinski definition) is 5. The first-order valence-corrected chi connectivity index (χ1v) is 12.6. The fraction of sp³-hybridized carbons (Fsp3) is 0.192. The smallest absolute Gasteiger partial charge is 0.301 e. The van der Waals surface area contributed by atoms with Gasteiger partial charge in [-0.1, -0.05) is 30.3 Å². The number of halogens is 1. The number of H-pyrrole nitrogens is 1. The third-order valence-electron chi connectivity index (χ3n) is 6.47. The predicted octanol–water partition coefficient (Wildman–Crippen LogP) is 4.37. The van der Waals surface area contributed by atoms with Crippen molar-refractivity contribution in [2.45, 2.75) is 18.3 Å². The number of ketones is 1. The molecule has 0 aliphatic heterocycles. The summed E-state index contributed by atoms with van der Waals surface area (Å²) in [5.74, 6) is -1.57. The van der Waals surface area contributed by atoms with Crippen LogP contribution in [0, 0.1) is 17.1 Å². The molecule has 10 heteroatoms. The highest BCUT2D eigenvalue weighted by Gasteiger charge is 2.44. The second kappa shape index (κ2) is 8.55. The largest absolute Gasteiger partial charge is 0.345 e. The van der Waals surface area contributed by atoms with Crippen molar-refractivity contribution in [3.8, 4) is 17.2 Å². The van der Waals surface area contributed by atoms with Crippen molar-refractivity contribution in [3.63, 3.8) is 0 Å². The minimum absolute atomic E-state index is 0.212. The van der Waals surface area contributed by atoms with Gasteiger partial charge in [0.2, 0.25) is 0 Å². The van der Waals surface area contributed by atoms with Gasteiger partial charge >= 0.3 is 10.2 Å². The molecule has 2 N–H and O–H groups in total. The van der Waals surface area contributed by atoms with Gasteiger partial charge in [0, 0.05) is 43.0 Å². The summed E-state index contributed by atoms with van der Waals surface area (Å²) in [5, 5.41) is 9.94. The molecule has 1 aliphatic carbocycles. The van der Waals surface area contributed by atoms with E-state index in [1.807, 2.05) is 24.3 Å². The molecular weight excluding hydrogens is 481 g/mol. The summed E-state index contributed by atoms with van der Waals surface area (Å²) < 4.78 is 42.5. The third kappa shape index (κ3) is 4.02. The van der Waals surface area contributed by atoms with Crippen LogP contribution in [-0.2, 0) is 15.6 Å². The maximum Gasteiger partial charge on any atom is 0.301 e. The van der Waals surface area contributed by atoms with Crippen LogP contribution in [0.1, 0.15) is 34.3 Å². The molecule has 1 saturated carbocycles. The van der Waals surface area contributed by atoms with E-state index in [4.69, 9.17) is 0 Å². The third-order valence-corrected chi connectivity index (χ3v) is 7.91. The number of aromatic nitrogens is 2. The fourth-order valence-corrected chi connectivity index (χ4v) is 4.70. The molecule has 0 atom stereocenters. The van der Waals surface area contributed by atoms with Crippen LogP contribution in [0.2, 0.25) is 0 Å². The monoisotopic (exact) mass is 503 g/mol. The first-order valence-electron chi connectivity index (χ1n) is 11.2. The molecule has 0 bridgehead atoms. The molecule has 5 rings (SSSR count). The zero-order valence-electron chi connectivity index (χ0n) is 19.5. The predicted molar refractivity (Wildman–Crippen MR) is 134 cm³/mol. The number of anilines is 1. The Balaban J connectivity index is 1.49. The Kier molecular flexibility index (Phi) is 5.62. The topological polar surface area (TPSA) is 119 Å². The Morgan fingerprint density at radius 3 is 2.50 bits per heavy atom. The second-order valence-corrected chi connectivity index (χ2v) is 10.9. The standard InChI is InChI=1S/C26H22FN5O3S/c1-32(2)36(34,35)31-22-5-3-4-19(23(22)27)24(33)21-14-30-25-20(21)12-17(13-29-25)16-6-8-18(9-7-16)26(15-28)10-11-26/h3-9,12-14,31H,10-11H2,1-2H3,(H,29,30). The van der Waals surface area contributed by atoms with Crippen LogP contribution in [0.25, 0.3) is 22.2 Å². The normalized spacial score (nSPS) is 14.5. The van der Waals surface area contributed by atoms with E-state index in [2.05, 4.69) is 20.8 Å². The highest BCUT2D eigenvalue weighted by atomic mass is 32.2. The molecule has 8 nitrogen and oxygen atoms in total. The van der Waals surface area contributed by atoms with Crippen LogP contribution in [0.15, 0.2) is 60.9 Å². The summed E-state index contributed by atoms with van der Waals surface area (Å²) >= 11 is 0. The Hall–Kier alpha value is -4.07. The van der Waals surface area contributed by atoms with E-state index in [-0.39, 0.29) is 22.2 Å². The van der Waals surface area contributed by atoms with Gasteiger partial charge in [-0.05, 0) is 42.2 Å². The lowest BCUT2D eigenvalue weighted by Crippen LogP contribution is -2.29. The zero-order valence-corrected chi connectivity index (χ0v) is 20.4. The number of nitriles is 1. The summed E-state index contributed by atoms with van der Waals surface area (Å²) in [5.41, 5.74) is 2.33. The van der Waals surface area contributed by atoms with Crippen molar-refractivity contribution in [2.24, 2.45) is 0 Å². The molecule has 0 amide bonds. The number of aromatic amines is 1. The van der Waals surface area contributed by atoms with Crippen molar-refractivity contribution in [1.29, 1.82) is 5.26 Å². The van der Waals surface area contributed by atoms with Crippen LogP contribution < -0.4 is 4.72 Å². The van der Waals surface area contributed by atoms with E-state index in [0.29, 0.717) is 11.0 Å². The number of nitrogens with zero attached hydrogens (tertiary/aromatic N) is 3. The quantitative estimate of drug-likeness (QED) is 0.363. The molecular formula is C26H22FN5O3S. The van der Waals surface area contributed by atoms with Gasteiger partial charge in [-0.15, -0.1) is 0 Å². The molecule has 2 aromatic carbocycles. The number of rotatable bonds is 7. The van der Waals surface area contributed by atoms with Crippen LogP contribution in [-0.4, -0.2) is 42.6 Å². The summed E-state index contributed by atoms with van der Waals surface area (Å²) in [6, 6.07) is 15.9. The van der Waals surface area contributed by atoms with Crippen molar-refractivity contribution in [2.75, 3.05) is 18.8 Å². The van der Waals surface area contributed by atoms with Gasteiger partial charge < -0.3 is 4.98 Å². The number of fused-ring (bicyclic) bond motifs is 1. The molecule has 2 aromatic heterocycles. The van der Waals surface area contributed by atoms with E-state index in [9.17, 15) is 18.5 Å². The number of carbonyl (C=O) groups excluding carboxylic acids is 1. The summed E-state index contributed by atoms with van der Waals surface area (Å²) in [6.07, 6.45) is 4.86. The second-order valence-electron chi connectivity index (χ2n) is 8.98. The molecule has 182 valence electrons. The minimum atomic E-state index is -3.95. The van der Waals surface area contributed by atoms with Crippen LogP contribution in [0.3, 0.4) is 0 Å². The summed E-state index contributed by atoms with van der Waals surface area (Å²) in [6.45, 7) is 0. The van der Waals surface area contributed by atoms with Gasteiger partial charge in [0.1, 0.15) is 5.65 Å². The lowest BCUT2D eigenvalue weighted by Gasteiger charge is -2.14. The number of benzene rings is 2. The van der Waals surface area contributed by atoms with Crippen LogP contribution >= 0.6 is 0 Å². The average Bonchev–Trinajstić information content (AvgIpc) is 3.56. The molecule has 0 spiro atoms. The highest BCUT2D eigenvalue weighted by Crippen LogP contribution is 2.47. The number of nitrogens with one attached hydrogen (secondary N) is 2. The maximum atomic E-state index is 15.2. The van der Waals surface area contributed by atoms with Crippen molar-refractivity contribution < 1.29 is 17.6 Å². The highest BCUT2D eigenvalue weighted by molar-refractivity contribution is 7.90. The fourth-order valence-electron chi connectivity index (χ4n) is 4.08. The van der Waals surface area contributed by atoms with Crippen LogP contribution in [0.5, 0.6) is 0 Å². The molecule has 36 heavy (non-hydrogen) atoms. The SMILES string of the molecule is CN(C)S(=O)(=O)Nc1cccc(C(=O)c2c[nH]c3ncc(-c4ccc(C5(C#N)CC5)cc4)cc23)c1F. The number of hydrogen-bond donors (Lipinski definition) is 2. The van der Waals surface area contributed by atoms with Crippen molar-refractivity contribution in [1.82, 2.24) is 14.3 Å². The first kappa shape index (κ1) is 23.7. The molecule has 0 unspecified atom stereocenters. The van der Waals surface area contributed by atoms with Gasteiger partial charge in [-0.2, -0.15) is 18.0 Å². The molecule has 1 fully saturated rings. The molecule has 2 heterocycles. The Morgan fingerprint density at radius 1 is 1.14 bits per heavy atom. The minimum Gasteiger partial charge on any atom is -0.345 e. The van der Waals surface area contributed by atoms with E-state index >= 15 is 4.39 Å². The Bertz CT molecular complexity index is 1650. The lowest BCUT2D eigenvalue weighted by atomic mass is 9.95. The molecule has 4 aromatic rings.